The van der Waals surface area contributed by atoms with Crippen LogP contribution >= 0.6 is 15.9 Å². The van der Waals surface area contributed by atoms with E-state index in [-0.39, 0.29) is 12.5 Å². The number of amides is 2. The number of nitrogens with zero attached hydrogens (tertiary/aromatic N) is 2. The Kier molecular flexibility index (Phi) is 16.4. The molecule has 0 saturated carbocycles. The van der Waals surface area contributed by atoms with Crippen LogP contribution in [0.25, 0.3) is 0 Å². The fraction of sp³-hybridized carbons (Fsp3) is 0.706. The zero-order chi connectivity index (χ0) is 19.8. The van der Waals surface area contributed by atoms with Gasteiger partial charge in [0.1, 0.15) is 17.0 Å². The predicted octanol–water partition coefficient (Wildman–Crippen LogP) is 3.96. The van der Waals surface area contributed by atoms with E-state index in [1.807, 2.05) is 27.7 Å². The molecule has 2 amide bonds. The molecular formula is C17H33BrN4O3. The Hall–Kier alpha value is -1.57. The number of carbonyl (C=O) groups is 2. The number of nitrogens with one attached hydrogen (secondary N) is 2. The molecule has 0 radical (unpaired) electrons. The van der Waals surface area contributed by atoms with Gasteiger partial charge < -0.3 is 19.9 Å². The quantitative estimate of drug-likeness (QED) is 0.728. The summed E-state index contributed by atoms with van der Waals surface area (Å²) in [5.41, 5.74) is 0. The van der Waals surface area contributed by atoms with Gasteiger partial charge in [0.15, 0.2) is 0 Å². The lowest BCUT2D eigenvalue weighted by Gasteiger charge is -2.23. The second-order valence-electron chi connectivity index (χ2n) is 5.40. The number of methoxy groups -OCH3 is 1. The summed E-state index contributed by atoms with van der Waals surface area (Å²) in [4.78, 5) is 31.9. The van der Waals surface area contributed by atoms with Crippen molar-refractivity contribution in [3.63, 3.8) is 0 Å². The molecular weight excluding hydrogens is 388 g/mol. The van der Waals surface area contributed by atoms with E-state index >= 15 is 0 Å². The SMILES string of the molecule is CC.CCC.COC(=O)NCC(=O)N(Cc1ncc(Br)[nH]1)CC(C)C. The molecule has 0 atom stereocenters. The maximum absolute atomic E-state index is 12.1. The average molecular weight is 421 g/mol. The van der Waals surface area contributed by atoms with Gasteiger partial charge >= 0.3 is 6.09 Å². The molecule has 0 fully saturated rings. The van der Waals surface area contributed by atoms with E-state index < -0.39 is 6.09 Å². The highest BCUT2D eigenvalue weighted by Crippen LogP contribution is 2.09. The molecule has 25 heavy (non-hydrogen) atoms. The number of hydrogen-bond donors (Lipinski definition) is 2. The molecule has 2 N–H and O–H groups in total. The fourth-order valence-corrected chi connectivity index (χ4v) is 1.96. The zero-order valence-electron chi connectivity index (χ0n) is 16.5. The minimum atomic E-state index is -0.622. The Labute approximate surface area is 160 Å². The lowest BCUT2D eigenvalue weighted by Crippen LogP contribution is -2.41. The van der Waals surface area contributed by atoms with E-state index in [0.29, 0.717) is 24.8 Å². The number of aromatic nitrogens is 2. The van der Waals surface area contributed by atoms with Crippen molar-refractivity contribution >= 4 is 27.9 Å². The number of aromatic amines is 1. The fourth-order valence-electron chi connectivity index (χ4n) is 1.63. The summed E-state index contributed by atoms with van der Waals surface area (Å²) in [6.45, 7) is 13.1. The van der Waals surface area contributed by atoms with Gasteiger partial charge in [-0.25, -0.2) is 9.78 Å². The van der Waals surface area contributed by atoms with Gasteiger partial charge in [0.2, 0.25) is 5.91 Å². The second kappa shape index (κ2) is 15.9. The van der Waals surface area contributed by atoms with Gasteiger partial charge in [-0.3, -0.25) is 4.79 Å². The van der Waals surface area contributed by atoms with Gasteiger partial charge in [-0.2, -0.15) is 0 Å². The Bertz CT molecular complexity index is 478. The van der Waals surface area contributed by atoms with Crippen LogP contribution < -0.4 is 5.32 Å². The first-order valence-electron chi connectivity index (χ1n) is 8.62. The van der Waals surface area contributed by atoms with Crippen molar-refractivity contribution in [2.24, 2.45) is 5.92 Å². The highest BCUT2D eigenvalue weighted by Gasteiger charge is 2.17. The number of rotatable bonds is 6. The van der Waals surface area contributed by atoms with Gasteiger partial charge in [0.25, 0.3) is 0 Å². The molecule has 1 aromatic rings. The molecule has 0 aliphatic rings. The molecule has 0 aromatic carbocycles. The standard InChI is InChI=1S/C12H19BrN4O3.C3H8.C2H6/c1-8(2)6-17(7-10-14-4-9(13)16-10)11(18)5-15-12(19)20-3;1-3-2;1-2/h4,8H,5-7H2,1-3H3,(H,14,16)(H,15,19);3H2,1-2H3;1-2H3. The molecule has 0 spiro atoms. The van der Waals surface area contributed by atoms with E-state index in [9.17, 15) is 9.59 Å². The van der Waals surface area contributed by atoms with Crippen LogP contribution in [0.15, 0.2) is 10.8 Å². The first-order chi connectivity index (χ1) is 11.8. The first kappa shape index (κ1) is 25.7. The molecule has 1 aromatic heterocycles. The summed E-state index contributed by atoms with van der Waals surface area (Å²) in [5, 5.41) is 2.38. The summed E-state index contributed by atoms with van der Waals surface area (Å²) in [5.74, 6) is 0.816. The third kappa shape index (κ3) is 13.4. The number of alkyl carbamates (subject to hydrolysis) is 1. The molecule has 0 bridgehead atoms. The van der Waals surface area contributed by atoms with Gasteiger partial charge in [-0.05, 0) is 21.8 Å². The van der Waals surface area contributed by atoms with Gasteiger partial charge in [-0.1, -0.05) is 48.0 Å². The van der Waals surface area contributed by atoms with Crippen molar-refractivity contribution in [1.82, 2.24) is 20.2 Å². The lowest BCUT2D eigenvalue weighted by atomic mass is 10.2. The minimum absolute atomic E-state index is 0.0960. The second-order valence-corrected chi connectivity index (χ2v) is 6.25. The van der Waals surface area contributed by atoms with E-state index in [1.54, 1.807) is 11.1 Å². The number of H-pyrrole nitrogens is 1. The largest absolute Gasteiger partial charge is 0.453 e. The zero-order valence-corrected chi connectivity index (χ0v) is 18.1. The molecule has 146 valence electrons. The summed E-state index contributed by atoms with van der Waals surface area (Å²) in [6.07, 6.45) is 2.27. The lowest BCUT2D eigenvalue weighted by molar-refractivity contribution is -0.131. The van der Waals surface area contributed by atoms with E-state index in [4.69, 9.17) is 0 Å². The van der Waals surface area contributed by atoms with Crippen LogP contribution in [0.3, 0.4) is 0 Å². The number of halogens is 1. The normalized spacial score (nSPS) is 9.32. The number of hydrogen-bond acceptors (Lipinski definition) is 4. The smallest absolute Gasteiger partial charge is 0.407 e. The maximum Gasteiger partial charge on any atom is 0.407 e. The minimum Gasteiger partial charge on any atom is -0.453 e. The predicted molar refractivity (Wildman–Crippen MR) is 104 cm³/mol. The number of imidazole rings is 1. The highest BCUT2D eigenvalue weighted by molar-refractivity contribution is 9.10. The Balaban J connectivity index is 0. The van der Waals surface area contributed by atoms with Gasteiger partial charge in [0, 0.05) is 6.54 Å². The van der Waals surface area contributed by atoms with Crippen LogP contribution in [0.4, 0.5) is 4.79 Å². The molecule has 0 aliphatic carbocycles. The third-order valence-corrected chi connectivity index (χ3v) is 2.85. The van der Waals surface area contributed by atoms with Crippen LogP contribution in [-0.4, -0.2) is 47.1 Å². The third-order valence-electron chi connectivity index (χ3n) is 2.45. The Morgan fingerprint density at radius 3 is 2.32 bits per heavy atom. The highest BCUT2D eigenvalue weighted by atomic mass is 79.9. The Morgan fingerprint density at radius 2 is 1.92 bits per heavy atom. The van der Waals surface area contributed by atoms with Crippen molar-refractivity contribution in [1.29, 1.82) is 0 Å². The summed E-state index contributed by atoms with van der Waals surface area (Å²) < 4.78 is 5.20. The molecule has 1 heterocycles. The molecule has 8 heteroatoms. The van der Waals surface area contributed by atoms with Crippen molar-refractivity contribution < 1.29 is 14.3 Å². The van der Waals surface area contributed by atoms with Crippen LogP contribution in [0.5, 0.6) is 0 Å². The van der Waals surface area contributed by atoms with Gasteiger partial charge in [-0.15, -0.1) is 0 Å². The number of carbonyl (C=O) groups excluding carboxylic acids is 2. The monoisotopic (exact) mass is 420 g/mol. The molecule has 1 rings (SSSR count). The number of ether oxygens (including phenoxy) is 1. The van der Waals surface area contributed by atoms with Crippen LogP contribution in [-0.2, 0) is 16.1 Å². The maximum atomic E-state index is 12.1. The average Bonchev–Trinajstić information content (AvgIpc) is 2.98. The van der Waals surface area contributed by atoms with Crippen molar-refractivity contribution in [2.45, 2.75) is 54.5 Å². The topological polar surface area (TPSA) is 87.3 Å². The summed E-state index contributed by atoms with van der Waals surface area (Å²) >= 11 is 3.27. The summed E-state index contributed by atoms with van der Waals surface area (Å²) in [7, 11) is 1.26. The molecule has 0 unspecified atom stereocenters. The summed E-state index contributed by atoms with van der Waals surface area (Å²) in [6, 6.07) is 0. The van der Waals surface area contributed by atoms with E-state index in [1.165, 1.54) is 13.5 Å². The van der Waals surface area contributed by atoms with E-state index in [0.717, 1.165) is 4.60 Å². The van der Waals surface area contributed by atoms with Crippen molar-refractivity contribution in [2.75, 3.05) is 20.2 Å². The van der Waals surface area contributed by atoms with Gasteiger partial charge in [0.05, 0.1) is 19.9 Å². The van der Waals surface area contributed by atoms with Crippen LogP contribution in [0.1, 0.15) is 53.8 Å². The van der Waals surface area contributed by atoms with Crippen LogP contribution in [0, 0.1) is 5.92 Å². The first-order valence-corrected chi connectivity index (χ1v) is 9.42. The van der Waals surface area contributed by atoms with Crippen molar-refractivity contribution in [3.8, 4) is 0 Å². The molecule has 0 aliphatic heterocycles. The molecule has 7 nitrogen and oxygen atoms in total. The molecule has 0 saturated heterocycles. The van der Waals surface area contributed by atoms with E-state index in [2.05, 4.69) is 49.8 Å². The van der Waals surface area contributed by atoms with Crippen LogP contribution in [0.2, 0.25) is 0 Å². The Morgan fingerprint density at radius 1 is 1.36 bits per heavy atom. The van der Waals surface area contributed by atoms with Crippen molar-refractivity contribution in [3.05, 3.63) is 16.6 Å².